The van der Waals surface area contributed by atoms with Gasteiger partial charge in [0.15, 0.2) is 5.65 Å². The molecule has 0 spiro atoms. The summed E-state index contributed by atoms with van der Waals surface area (Å²) in [4.78, 5) is 9.04. The molecule has 8 heteroatoms. The summed E-state index contributed by atoms with van der Waals surface area (Å²) in [5, 5.41) is 21.4. The molecule has 0 amide bonds. The Kier molecular flexibility index (Phi) is 4.96. The molecule has 0 aliphatic heterocycles. The molecule has 0 saturated heterocycles. The molecular formula is C21H22N8. The number of aromatic nitrogens is 6. The number of aryl methyl sites for hydroxylation is 1. The summed E-state index contributed by atoms with van der Waals surface area (Å²) in [6, 6.07) is 6.06. The lowest BCUT2D eigenvalue weighted by atomic mass is 10.1. The Bertz CT molecular complexity index is 1200. The van der Waals surface area contributed by atoms with Crippen LogP contribution in [0.15, 0.2) is 43.1 Å². The minimum absolute atomic E-state index is 0.258. The first-order chi connectivity index (χ1) is 14.1. The van der Waals surface area contributed by atoms with Gasteiger partial charge in [0.25, 0.3) is 0 Å². The molecule has 0 unspecified atom stereocenters. The maximum atomic E-state index is 9.06. The third-order valence-electron chi connectivity index (χ3n) is 4.50. The molecule has 29 heavy (non-hydrogen) atoms. The van der Waals surface area contributed by atoms with Crippen LogP contribution in [0.25, 0.3) is 28.2 Å². The van der Waals surface area contributed by atoms with Gasteiger partial charge in [-0.3, -0.25) is 9.67 Å². The summed E-state index contributed by atoms with van der Waals surface area (Å²) >= 11 is 0. The predicted octanol–water partition coefficient (Wildman–Crippen LogP) is 3.76. The van der Waals surface area contributed by atoms with E-state index >= 15 is 0 Å². The Labute approximate surface area is 168 Å². The van der Waals surface area contributed by atoms with E-state index in [4.69, 9.17) is 5.26 Å². The van der Waals surface area contributed by atoms with Crippen molar-refractivity contribution in [3.63, 3.8) is 0 Å². The normalized spacial score (nSPS) is 11.1. The van der Waals surface area contributed by atoms with Crippen LogP contribution in [0.3, 0.4) is 0 Å². The number of rotatable bonds is 6. The van der Waals surface area contributed by atoms with Crippen LogP contribution >= 0.6 is 0 Å². The molecule has 8 nitrogen and oxygen atoms in total. The van der Waals surface area contributed by atoms with E-state index in [2.05, 4.69) is 52.3 Å². The molecule has 0 aliphatic carbocycles. The number of hydrogen-bond acceptors (Lipinski definition) is 6. The van der Waals surface area contributed by atoms with Gasteiger partial charge in [-0.1, -0.05) is 6.92 Å². The summed E-state index contributed by atoms with van der Waals surface area (Å²) < 4.78 is 3.64. The Morgan fingerprint density at radius 1 is 1.10 bits per heavy atom. The van der Waals surface area contributed by atoms with Crippen molar-refractivity contribution in [2.75, 3.05) is 5.32 Å². The van der Waals surface area contributed by atoms with Gasteiger partial charge in [-0.25, -0.2) is 9.50 Å². The van der Waals surface area contributed by atoms with Crippen molar-refractivity contribution in [2.24, 2.45) is 0 Å². The highest BCUT2D eigenvalue weighted by Gasteiger charge is 2.15. The van der Waals surface area contributed by atoms with Crippen LogP contribution < -0.4 is 5.32 Å². The van der Waals surface area contributed by atoms with Gasteiger partial charge < -0.3 is 5.32 Å². The van der Waals surface area contributed by atoms with E-state index in [1.807, 2.05) is 29.3 Å². The topological polar surface area (TPSA) is 96.7 Å². The smallest absolute Gasteiger partial charge is 0.155 e. The van der Waals surface area contributed by atoms with E-state index in [1.165, 1.54) is 6.20 Å². The van der Waals surface area contributed by atoms with E-state index in [1.54, 1.807) is 16.8 Å². The molecule has 4 heterocycles. The molecule has 0 bridgehead atoms. The molecular weight excluding hydrogens is 364 g/mol. The first kappa shape index (κ1) is 18.6. The number of anilines is 1. The molecule has 1 N–H and O–H groups in total. The van der Waals surface area contributed by atoms with Crippen LogP contribution in [-0.4, -0.2) is 35.4 Å². The standard InChI is InChI=1S/C21H22N8/c1-4-5-28-13-16(10-25-28)17-11-23-19(7-18(17)27-14(2)3)20-12-24-21-6-15(8-22)9-26-29(20)21/h6-7,9-14H,4-5H2,1-3H3,(H,23,27). The van der Waals surface area contributed by atoms with Crippen LogP contribution in [0.4, 0.5) is 5.69 Å². The second-order valence-electron chi connectivity index (χ2n) is 7.18. The van der Waals surface area contributed by atoms with Crippen LogP contribution in [-0.2, 0) is 6.54 Å². The average Bonchev–Trinajstić information content (AvgIpc) is 3.34. The first-order valence-electron chi connectivity index (χ1n) is 9.62. The Morgan fingerprint density at radius 2 is 1.97 bits per heavy atom. The van der Waals surface area contributed by atoms with Gasteiger partial charge in [-0.2, -0.15) is 15.5 Å². The van der Waals surface area contributed by atoms with Crippen molar-refractivity contribution in [3.05, 3.63) is 48.7 Å². The zero-order valence-corrected chi connectivity index (χ0v) is 16.7. The predicted molar refractivity (Wildman–Crippen MR) is 111 cm³/mol. The van der Waals surface area contributed by atoms with Gasteiger partial charge in [-0.15, -0.1) is 0 Å². The van der Waals surface area contributed by atoms with Crippen LogP contribution in [0.1, 0.15) is 32.8 Å². The number of nitrogens with zero attached hydrogens (tertiary/aromatic N) is 7. The lowest BCUT2D eigenvalue weighted by Crippen LogP contribution is -2.11. The summed E-state index contributed by atoms with van der Waals surface area (Å²) in [6.45, 7) is 7.22. The van der Waals surface area contributed by atoms with Gasteiger partial charge in [0, 0.05) is 47.9 Å². The number of nitriles is 1. The zero-order chi connectivity index (χ0) is 20.4. The zero-order valence-electron chi connectivity index (χ0n) is 16.7. The average molecular weight is 386 g/mol. The third kappa shape index (κ3) is 3.67. The van der Waals surface area contributed by atoms with E-state index in [0.29, 0.717) is 11.2 Å². The minimum Gasteiger partial charge on any atom is -0.382 e. The lowest BCUT2D eigenvalue weighted by molar-refractivity contribution is 0.603. The Hall–Kier alpha value is -3.73. The SMILES string of the molecule is CCCn1cc(-c2cnc(-c3cnc4cc(C#N)cnn34)cc2NC(C)C)cn1. The highest BCUT2D eigenvalue weighted by molar-refractivity contribution is 5.80. The van der Waals surface area contributed by atoms with Gasteiger partial charge in [0.1, 0.15) is 11.8 Å². The largest absolute Gasteiger partial charge is 0.382 e. The minimum atomic E-state index is 0.258. The molecule has 4 aromatic rings. The fraction of sp³-hybridized carbons (Fsp3) is 0.286. The molecule has 4 aromatic heterocycles. The molecule has 0 aromatic carbocycles. The van der Waals surface area contributed by atoms with Crippen molar-refractivity contribution < 1.29 is 0 Å². The number of pyridine rings is 1. The maximum absolute atomic E-state index is 9.06. The number of nitrogens with one attached hydrogen (secondary N) is 1. The fourth-order valence-corrected chi connectivity index (χ4v) is 3.22. The van der Waals surface area contributed by atoms with E-state index in [9.17, 15) is 0 Å². The first-order valence-corrected chi connectivity index (χ1v) is 9.62. The molecule has 0 saturated carbocycles. The van der Waals surface area contributed by atoms with Crippen molar-refractivity contribution in [1.82, 2.24) is 29.4 Å². The molecule has 0 radical (unpaired) electrons. The van der Waals surface area contributed by atoms with Crippen LogP contribution in [0.5, 0.6) is 0 Å². The van der Waals surface area contributed by atoms with Gasteiger partial charge in [-0.05, 0) is 26.3 Å². The van der Waals surface area contributed by atoms with E-state index in [0.717, 1.165) is 41.2 Å². The number of imidazole rings is 1. The van der Waals surface area contributed by atoms with Crippen LogP contribution in [0, 0.1) is 11.3 Å². The summed E-state index contributed by atoms with van der Waals surface area (Å²) in [5.74, 6) is 0. The van der Waals surface area contributed by atoms with Crippen LogP contribution in [0.2, 0.25) is 0 Å². The van der Waals surface area contributed by atoms with Gasteiger partial charge in [0.2, 0.25) is 0 Å². The Morgan fingerprint density at radius 3 is 2.72 bits per heavy atom. The van der Waals surface area contributed by atoms with Gasteiger partial charge >= 0.3 is 0 Å². The van der Waals surface area contributed by atoms with Crippen molar-refractivity contribution >= 4 is 11.3 Å². The van der Waals surface area contributed by atoms with E-state index in [-0.39, 0.29) is 6.04 Å². The number of fused-ring (bicyclic) bond motifs is 1. The highest BCUT2D eigenvalue weighted by atomic mass is 15.3. The lowest BCUT2D eigenvalue weighted by Gasteiger charge is -2.15. The quantitative estimate of drug-likeness (QED) is 0.542. The van der Waals surface area contributed by atoms with Gasteiger partial charge in [0.05, 0.1) is 29.8 Å². The summed E-state index contributed by atoms with van der Waals surface area (Å²) in [5.41, 5.74) is 5.61. The monoisotopic (exact) mass is 386 g/mol. The summed E-state index contributed by atoms with van der Waals surface area (Å²) in [7, 11) is 0. The highest BCUT2D eigenvalue weighted by Crippen LogP contribution is 2.31. The molecule has 0 atom stereocenters. The summed E-state index contributed by atoms with van der Waals surface area (Å²) in [6.07, 6.45) is 10.1. The van der Waals surface area contributed by atoms with Crippen molar-refractivity contribution in [3.8, 4) is 28.6 Å². The maximum Gasteiger partial charge on any atom is 0.155 e. The van der Waals surface area contributed by atoms with Crippen molar-refractivity contribution in [2.45, 2.75) is 39.8 Å². The second-order valence-corrected chi connectivity index (χ2v) is 7.18. The fourth-order valence-electron chi connectivity index (χ4n) is 3.22. The third-order valence-corrected chi connectivity index (χ3v) is 4.50. The second kappa shape index (κ2) is 7.72. The van der Waals surface area contributed by atoms with Crippen molar-refractivity contribution in [1.29, 1.82) is 5.26 Å². The van der Waals surface area contributed by atoms with E-state index < -0.39 is 0 Å². The molecule has 0 aliphatic rings. The molecule has 146 valence electrons. The Balaban J connectivity index is 1.79. The molecule has 0 fully saturated rings. The molecule has 4 rings (SSSR count). The number of hydrogen-bond donors (Lipinski definition) is 1.